The number of Topliss-reactive ketones (excluding diaryl/α,β-unsaturated/α-hetero) is 1. The molecule has 0 aliphatic carbocycles. The van der Waals surface area contributed by atoms with E-state index in [4.69, 9.17) is 16.2 Å². The van der Waals surface area contributed by atoms with Crippen molar-refractivity contribution in [2.45, 2.75) is 19.0 Å². The zero-order valence-electron chi connectivity index (χ0n) is 15.8. The number of nitrogen functional groups attached to an aromatic ring is 2. The summed E-state index contributed by atoms with van der Waals surface area (Å²) in [5.41, 5.74) is 9.88. The molecule has 3 rings (SSSR count). The van der Waals surface area contributed by atoms with Crippen molar-refractivity contribution in [3.63, 3.8) is 0 Å². The van der Waals surface area contributed by atoms with E-state index in [-0.39, 0.29) is 28.6 Å². The van der Waals surface area contributed by atoms with E-state index in [1.165, 1.54) is 24.4 Å². The Morgan fingerprint density at radius 3 is 2.32 bits per heavy atom. The lowest BCUT2D eigenvalue weighted by atomic mass is 10.00. The number of pyridine rings is 1. The number of rotatable bonds is 6. The molecule has 0 radical (unpaired) electrons. The van der Waals surface area contributed by atoms with Crippen LogP contribution in [0.2, 0.25) is 0 Å². The molecule has 2 aromatic carbocycles. The number of nitrogens with zero attached hydrogens (tertiary/aromatic N) is 1. The van der Waals surface area contributed by atoms with E-state index in [9.17, 15) is 26.7 Å². The number of aromatic nitrogens is 1. The fraction of sp³-hybridized carbons (Fsp3) is 0.143. The molecule has 5 nitrogen and oxygen atoms in total. The number of benzene rings is 2. The van der Waals surface area contributed by atoms with Gasteiger partial charge in [0.2, 0.25) is 0 Å². The molecule has 0 unspecified atom stereocenters. The highest BCUT2D eigenvalue weighted by Crippen LogP contribution is 2.32. The highest BCUT2D eigenvalue weighted by Gasteiger charge is 2.31. The first-order valence-corrected chi connectivity index (χ1v) is 8.88. The molecule has 0 amide bonds. The first-order valence-electron chi connectivity index (χ1n) is 8.88. The van der Waals surface area contributed by atoms with Gasteiger partial charge in [0.05, 0.1) is 5.56 Å². The van der Waals surface area contributed by atoms with E-state index in [2.05, 4.69) is 4.98 Å². The molecule has 0 saturated carbocycles. The van der Waals surface area contributed by atoms with Crippen molar-refractivity contribution >= 4 is 17.3 Å². The summed E-state index contributed by atoms with van der Waals surface area (Å²) in [7, 11) is 0. The molecule has 3 aromatic rings. The van der Waals surface area contributed by atoms with Gasteiger partial charge in [-0.3, -0.25) is 4.79 Å². The van der Waals surface area contributed by atoms with Crippen LogP contribution in [0, 0.1) is 11.6 Å². The van der Waals surface area contributed by atoms with Gasteiger partial charge in [-0.2, -0.15) is 13.2 Å². The van der Waals surface area contributed by atoms with Gasteiger partial charge < -0.3 is 16.2 Å². The van der Waals surface area contributed by atoms with Gasteiger partial charge in [-0.05, 0) is 35.4 Å². The van der Waals surface area contributed by atoms with Gasteiger partial charge in [-0.15, -0.1) is 0 Å². The minimum Gasteiger partial charge on any atom is -0.455 e. The van der Waals surface area contributed by atoms with Crippen LogP contribution in [0.3, 0.4) is 0 Å². The number of hydrogen-bond acceptors (Lipinski definition) is 5. The van der Waals surface area contributed by atoms with Crippen LogP contribution in [0.5, 0.6) is 11.5 Å². The highest BCUT2D eigenvalue weighted by molar-refractivity contribution is 5.83. The summed E-state index contributed by atoms with van der Waals surface area (Å²) in [6.07, 6.45) is -4.36. The van der Waals surface area contributed by atoms with E-state index >= 15 is 0 Å². The second-order valence-corrected chi connectivity index (χ2v) is 6.66. The van der Waals surface area contributed by atoms with Crippen LogP contribution in [0.15, 0.2) is 48.7 Å². The maximum atomic E-state index is 14.4. The highest BCUT2D eigenvalue weighted by atomic mass is 19.4. The Hall–Kier alpha value is -3.69. The topological polar surface area (TPSA) is 91.2 Å². The van der Waals surface area contributed by atoms with Crippen molar-refractivity contribution in [3.05, 3.63) is 77.0 Å². The summed E-state index contributed by atoms with van der Waals surface area (Å²) in [6, 6.07) is 6.93. The Labute approximate surface area is 173 Å². The predicted octanol–water partition coefficient (Wildman–Crippen LogP) is 4.69. The average Bonchev–Trinajstić information content (AvgIpc) is 2.68. The predicted molar refractivity (Wildman–Crippen MR) is 103 cm³/mol. The molecular formula is C21H16F5N3O2. The lowest BCUT2D eigenvalue weighted by molar-refractivity contribution is -0.137. The summed E-state index contributed by atoms with van der Waals surface area (Å²) < 4.78 is 72.1. The average molecular weight is 437 g/mol. The number of halogens is 5. The number of ether oxygens (including phenoxy) is 1. The molecule has 0 aliphatic rings. The van der Waals surface area contributed by atoms with Crippen molar-refractivity contribution in [1.29, 1.82) is 0 Å². The largest absolute Gasteiger partial charge is 0.455 e. The van der Waals surface area contributed by atoms with E-state index in [0.717, 1.165) is 6.07 Å². The number of carbonyl (C=O) groups excluding carboxylic acids is 1. The third kappa shape index (κ3) is 5.27. The van der Waals surface area contributed by atoms with E-state index in [1.54, 1.807) is 0 Å². The van der Waals surface area contributed by atoms with Gasteiger partial charge in [0, 0.05) is 31.2 Å². The Bertz CT molecular complexity index is 1130. The third-order valence-electron chi connectivity index (χ3n) is 4.38. The van der Waals surface area contributed by atoms with Crippen molar-refractivity contribution in [2.24, 2.45) is 0 Å². The van der Waals surface area contributed by atoms with Crippen LogP contribution in [-0.4, -0.2) is 10.8 Å². The molecule has 0 spiro atoms. The molecular weight excluding hydrogens is 421 g/mol. The van der Waals surface area contributed by atoms with Crippen molar-refractivity contribution in [3.8, 4) is 11.5 Å². The van der Waals surface area contributed by atoms with Crippen molar-refractivity contribution < 1.29 is 31.5 Å². The molecule has 0 saturated heterocycles. The van der Waals surface area contributed by atoms with Gasteiger partial charge in [0.1, 0.15) is 34.7 Å². The molecule has 1 heterocycles. The van der Waals surface area contributed by atoms with Gasteiger partial charge in [-0.25, -0.2) is 13.8 Å². The Morgan fingerprint density at radius 2 is 1.65 bits per heavy atom. The number of nitrogens with two attached hydrogens (primary N) is 2. The molecule has 0 fully saturated rings. The van der Waals surface area contributed by atoms with Gasteiger partial charge in [-0.1, -0.05) is 6.07 Å². The van der Waals surface area contributed by atoms with E-state index in [0.29, 0.717) is 18.2 Å². The number of ketones is 1. The minimum atomic E-state index is -4.67. The molecule has 31 heavy (non-hydrogen) atoms. The van der Waals surface area contributed by atoms with Crippen LogP contribution in [-0.2, 0) is 23.8 Å². The second-order valence-electron chi connectivity index (χ2n) is 6.66. The van der Waals surface area contributed by atoms with Crippen LogP contribution in [0.4, 0.5) is 33.5 Å². The Balaban J connectivity index is 1.72. The van der Waals surface area contributed by atoms with Crippen LogP contribution in [0.25, 0.3) is 0 Å². The first kappa shape index (κ1) is 22.0. The SMILES string of the molecule is Nc1nccc(Oc2ccc(CC(=O)Cc3cc(C(F)(F)F)ccc3F)c(F)c2)c1N. The Morgan fingerprint density at radius 1 is 0.935 bits per heavy atom. The summed E-state index contributed by atoms with van der Waals surface area (Å²) in [6.45, 7) is 0. The zero-order chi connectivity index (χ0) is 22.8. The minimum absolute atomic E-state index is 0.0213. The van der Waals surface area contributed by atoms with Gasteiger partial charge in [0.25, 0.3) is 0 Å². The first-order chi connectivity index (χ1) is 14.5. The van der Waals surface area contributed by atoms with Crippen molar-refractivity contribution in [1.82, 2.24) is 4.98 Å². The molecule has 1 aromatic heterocycles. The maximum absolute atomic E-state index is 14.4. The molecule has 0 bridgehead atoms. The zero-order valence-corrected chi connectivity index (χ0v) is 15.8. The normalized spacial score (nSPS) is 11.4. The van der Waals surface area contributed by atoms with E-state index in [1.807, 2.05) is 0 Å². The quantitative estimate of drug-likeness (QED) is 0.546. The molecule has 10 heteroatoms. The smallest absolute Gasteiger partial charge is 0.416 e. The third-order valence-corrected chi connectivity index (χ3v) is 4.38. The van der Waals surface area contributed by atoms with Gasteiger partial charge in [0.15, 0.2) is 5.75 Å². The molecule has 0 aliphatic heterocycles. The standard InChI is InChI=1S/C21H16F5N3O2/c22-16-4-2-13(21(24,25)26)7-12(16)9-14(30)8-11-1-3-15(10-17(11)23)31-18-5-6-29-20(28)19(18)27/h1-7,10H,8-9,27H2,(H2,28,29). The van der Waals surface area contributed by atoms with Crippen LogP contribution in [0.1, 0.15) is 16.7 Å². The fourth-order valence-electron chi connectivity index (χ4n) is 2.80. The van der Waals surface area contributed by atoms with Crippen LogP contribution < -0.4 is 16.2 Å². The summed E-state index contributed by atoms with van der Waals surface area (Å²) in [4.78, 5) is 16.0. The van der Waals surface area contributed by atoms with Crippen molar-refractivity contribution in [2.75, 3.05) is 11.5 Å². The fourth-order valence-corrected chi connectivity index (χ4v) is 2.80. The molecule has 0 atom stereocenters. The summed E-state index contributed by atoms with van der Waals surface area (Å²) >= 11 is 0. The molecule has 4 N–H and O–H groups in total. The second kappa shape index (κ2) is 8.58. The summed E-state index contributed by atoms with van der Waals surface area (Å²) in [5.74, 6) is -2.10. The number of alkyl halides is 3. The van der Waals surface area contributed by atoms with Crippen LogP contribution >= 0.6 is 0 Å². The maximum Gasteiger partial charge on any atom is 0.416 e. The monoisotopic (exact) mass is 437 g/mol. The number of hydrogen-bond donors (Lipinski definition) is 2. The van der Waals surface area contributed by atoms with E-state index < -0.39 is 47.6 Å². The lowest BCUT2D eigenvalue weighted by Gasteiger charge is -2.11. The number of carbonyl (C=O) groups is 1. The Kier molecular flexibility index (Phi) is 6.09. The number of anilines is 2. The molecule has 162 valence electrons. The van der Waals surface area contributed by atoms with Gasteiger partial charge >= 0.3 is 6.18 Å². The summed E-state index contributed by atoms with van der Waals surface area (Å²) in [5, 5.41) is 0. The lowest BCUT2D eigenvalue weighted by Crippen LogP contribution is -2.11.